The summed E-state index contributed by atoms with van der Waals surface area (Å²) in [5.74, 6) is 0.356. The Hall–Kier alpha value is -2.82. The highest BCUT2D eigenvalue weighted by Gasteiger charge is 2.26. The average Bonchev–Trinajstić information content (AvgIpc) is 3.23. The molecule has 0 saturated carbocycles. The molecule has 25 heavy (non-hydrogen) atoms. The van der Waals surface area contributed by atoms with Crippen LogP contribution >= 0.6 is 0 Å². The predicted molar refractivity (Wildman–Crippen MR) is 95.7 cm³/mol. The third-order valence-corrected chi connectivity index (χ3v) is 4.87. The van der Waals surface area contributed by atoms with Crippen molar-refractivity contribution < 1.29 is 14.3 Å². The number of benzene rings is 2. The van der Waals surface area contributed by atoms with E-state index in [2.05, 4.69) is 35.6 Å². The van der Waals surface area contributed by atoms with E-state index >= 15 is 0 Å². The monoisotopic (exact) mass is 336 g/mol. The summed E-state index contributed by atoms with van der Waals surface area (Å²) < 4.78 is 5.09. The Kier molecular flexibility index (Phi) is 3.92. The van der Waals surface area contributed by atoms with Gasteiger partial charge in [-0.15, -0.1) is 0 Å². The molecule has 1 N–H and O–H groups in total. The number of cyclic esters (lactones) is 1. The molecule has 1 atom stereocenters. The van der Waals surface area contributed by atoms with Gasteiger partial charge in [-0.2, -0.15) is 0 Å². The standard InChI is InChI=1S/C20H20N2O3/c1-13-2-7-18(22-8-9-25-20(22)24)17(10-13)15-5-3-14(4-6-15)16-11-19(23)21-12-16/h2-7,10,16H,8-9,11-12H2,1H3,(H,21,23). The van der Waals surface area contributed by atoms with Gasteiger partial charge >= 0.3 is 6.09 Å². The van der Waals surface area contributed by atoms with E-state index in [0.717, 1.165) is 27.9 Å². The number of anilines is 1. The number of hydrogen-bond acceptors (Lipinski definition) is 3. The van der Waals surface area contributed by atoms with Gasteiger partial charge in [0, 0.05) is 24.4 Å². The van der Waals surface area contributed by atoms with E-state index in [1.54, 1.807) is 4.90 Å². The van der Waals surface area contributed by atoms with Gasteiger partial charge < -0.3 is 10.1 Å². The molecular formula is C20H20N2O3. The maximum absolute atomic E-state index is 12.0. The SMILES string of the molecule is Cc1ccc(N2CCOC2=O)c(-c2ccc(C3CNC(=O)C3)cc2)c1. The zero-order valence-corrected chi connectivity index (χ0v) is 14.1. The first-order valence-corrected chi connectivity index (χ1v) is 8.54. The summed E-state index contributed by atoms with van der Waals surface area (Å²) in [7, 11) is 0. The molecule has 2 saturated heterocycles. The van der Waals surface area contributed by atoms with E-state index in [9.17, 15) is 9.59 Å². The highest BCUT2D eigenvalue weighted by atomic mass is 16.6. The largest absolute Gasteiger partial charge is 0.447 e. The number of rotatable bonds is 3. The summed E-state index contributed by atoms with van der Waals surface area (Å²) in [6, 6.07) is 14.4. The summed E-state index contributed by atoms with van der Waals surface area (Å²) >= 11 is 0. The summed E-state index contributed by atoms with van der Waals surface area (Å²) in [5, 5.41) is 2.88. The molecule has 0 radical (unpaired) electrons. The lowest BCUT2D eigenvalue weighted by Crippen LogP contribution is -2.24. The molecule has 2 aliphatic heterocycles. The number of aryl methyl sites for hydroxylation is 1. The van der Waals surface area contributed by atoms with Crippen LogP contribution in [0.3, 0.4) is 0 Å². The summed E-state index contributed by atoms with van der Waals surface area (Å²) in [6.07, 6.45) is 0.256. The predicted octanol–water partition coefficient (Wildman–Crippen LogP) is 3.22. The molecule has 5 heteroatoms. The molecule has 0 aromatic heterocycles. The Morgan fingerprint density at radius 3 is 2.56 bits per heavy atom. The lowest BCUT2D eigenvalue weighted by atomic mass is 9.94. The summed E-state index contributed by atoms with van der Waals surface area (Å²) in [6.45, 7) is 3.74. The number of nitrogens with zero attached hydrogens (tertiary/aromatic N) is 1. The van der Waals surface area contributed by atoms with Gasteiger partial charge in [0.1, 0.15) is 6.61 Å². The molecule has 0 bridgehead atoms. The first-order valence-electron chi connectivity index (χ1n) is 8.54. The quantitative estimate of drug-likeness (QED) is 0.936. The van der Waals surface area contributed by atoms with Crippen LogP contribution in [0.5, 0.6) is 0 Å². The number of amides is 2. The van der Waals surface area contributed by atoms with Crippen LogP contribution in [0.2, 0.25) is 0 Å². The molecule has 128 valence electrons. The van der Waals surface area contributed by atoms with E-state index in [1.165, 1.54) is 0 Å². The maximum Gasteiger partial charge on any atom is 0.414 e. The van der Waals surface area contributed by atoms with Crippen molar-refractivity contribution in [3.05, 3.63) is 53.6 Å². The molecule has 0 spiro atoms. The topological polar surface area (TPSA) is 58.6 Å². The second-order valence-corrected chi connectivity index (χ2v) is 6.61. The molecule has 2 heterocycles. The lowest BCUT2D eigenvalue weighted by molar-refractivity contribution is -0.119. The lowest BCUT2D eigenvalue weighted by Gasteiger charge is -2.19. The van der Waals surface area contributed by atoms with E-state index in [4.69, 9.17) is 4.74 Å². The van der Waals surface area contributed by atoms with Crippen molar-refractivity contribution in [3.8, 4) is 11.1 Å². The van der Waals surface area contributed by atoms with Crippen molar-refractivity contribution in [1.82, 2.24) is 5.32 Å². The van der Waals surface area contributed by atoms with Crippen molar-refractivity contribution in [3.63, 3.8) is 0 Å². The van der Waals surface area contributed by atoms with Gasteiger partial charge in [-0.3, -0.25) is 9.69 Å². The Labute approximate surface area is 146 Å². The molecule has 2 fully saturated rings. The molecule has 2 aliphatic rings. The Morgan fingerprint density at radius 1 is 1.12 bits per heavy atom. The fraction of sp³-hybridized carbons (Fsp3) is 0.300. The second kappa shape index (κ2) is 6.24. The van der Waals surface area contributed by atoms with Crippen LogP contribution in [0, 0.1) is 6.92 Å². The van der Waals surface area contributed by atoms with Gasteiger partial charge in [-0.25, -0.2) is 4.79 Å². The number of hydrogen-bond donors (Lipinski definition) is 1. The smallest absolute Gasteiger partial charge is 0.414 e. The number of carbonyl (C=O) groups is 2. The van der Waals surface area contributed by atoms with Crippen LogP contribution in [0.15, 0.2) is 42.5 Å². The van der Waals surface area contributed by atoms with Crippen molar-refractivity contribution in [2.24, 2.45) is 0 Å². The maximum atomic E-state index is 12.0. The van der Waals surface area contributed by atoms with E-state index in [-0.39, 0.29) is 17.9 Å². The third-order valence-electron chi connectivity index (χ3n) is 4.87. The summed E-state index contributed by atoms with van der Waals surface area (Å²) in [4.78, 5) is 25.1. The van der Waals surface area contributed by atoms with Gasteiger partial charge in [0.25, 0.3) is 0 Å². The Balaban J connectivity index is 1.68. The van der Waals surface area contributed by atoms with Crippen molar-refractivity contribution >= 4 is 17.7 Å². The average molecular weight is 336 g/mol. The highest BCUT2D eigenvalue weighted by molar-refractivity contribution is 5.95. The van der Waals surface area contributed by atoms with Gasteiger partial charge in [0.2, 0.25) is 5.91 Å². The summed E-state index contributed by atoms with van der Waals surface area (Å²) in [5.41, 5.74) is 5.25. The molecule has 4 rings (SSSR count). The minimum Gasteiger partial charge on any atom is -0.447 e. The van der Waals surface area contributed by atoms with E-state index in [1.807, 2.05) is 19.1 Å². The third kappa shape index (κ3) is 2.97. The molecule has 5 nitrogen and oxygen atoms in total. The highest BCUT2D eigenvalue weighted by Crippen LogP contribution is 2.34. The number of ether oxygens (including phenoxy) is 1. The van der Waals surface area contributed by atoms with Gasteiger partial charge in [-0.05, 0) is 30.2 Å². The molecule has 0 aliphatic carbocycles. The van der Waals surface area contributed by atoms with Gasteiger partial charge in [0.15, 0.2) is 0 Å². The Morgan fingerprint density at radius 2 is 1.92 bits per heavy atom. The Bertz CT molecular complexity index is 829. The first kappa shape index (κ1) is 15.7. The number of nitrogens with one attached hydrogen (secondary N) is 1. The van der Waals surface area contributed by atoms with Crippen LogP contribution in [-0.2, 0) is 9.53 Å². The second-order valence-electron chi connectivity index (χ2n) is 6.61. The zero-order chi connectivity index (χ0) is 17.4. The molecular weight excluding hydrogens is 316 g/mol. The van der Waals surface area contributed by atoms with Gasteiger partial charge in [0.05, 0.1) is 12.2 Å². The van der Waals surface area contributed by atoms with Gasteiger partial charge in [-0.1, -0.05) is 35.9 Å². The van der Waals surface area contributed by atoms with E-state index in [0.29, 0.717) is 26.1 Å². The molecule has 2 aromatic carbocycles. The number of carbonyl (C=O) groups excluding carboxylic acids is 2. The first-order chi connectivity index (χ1) is 12.1. The van der Waals surface area contributed by atoms with Crippen molar-refractivity contribution in [2.45, 2.75) is 19.3 Å². The van der Waals surface area contributed by atoms with Crippen LogP contribution < -0.4 is 10.2 Å². The zero-order valence-electron chi connectivity index (χ0n) is 14.1. The van der Waals surface area contributed by atoms with Crippen LogP contribution in [0.4, 0.5) is 10.5 Å². The normalized spacial score (nSPS) is 19.9. The minimum absolute atomic E-state index is 0.114. The van der Waals surface area contributed by atoms with Crippen molar-refractivity contribution in [2.75, 3.05) is 24.6 Å². The van der Waals surface area contributed by atoms with E-state index < -0.39 is 0 Å². The fourth-order valence-electron chi connectivity index (χ4n) is 3.50. The molecule has 2 aromatic rings. The fourth-order valence-corrected chi connectivity index (χ4v) is 3.50. The van der Waals surface area contributed by atoms with Crippen LogP contribution in [0.25, 0.3) is 11.1 Å². The molecule has 1 unspecified atom stereocenters. The van der Waals surface area contributed by atoms with Crippen LogP contribution in [0.1, 0.15) is 23.5 Å². The molecule has 2 amide bonds. The van der Waals surface area contributed by atoms with Crippen molar-refractivity contribution in [1.29, 1.82) is 0 Å². The van der Waals surface area contributed by atoms with Crippen LogP contribution in [-0.4, -0.2) is 31.7 Å². The minimum atomic E-state index is -0.294.